The zero-order chi connectivity index (χ0) is 10.1. The van der Waals surface area contributed by atoms with Gasteiger partial charge in [-0.2, -0.15) is 5.26 Å². The summed E-state index contributed by atoms with van der Waals surface area (Å²) in [5.41, 5.74) is 9.61. The standard InChI is InChI=1S/C12H12N2/c1-8-6-9-4-2-3-5-10(9)12(14)11(8)7-13/h2-5,8H,6,14H2,1H3. The van der Waals surface area contributed by atoms with Gasteiger partial charge in [-0.25, -0.2) is 0 Å². The summed E-state index contributed by atoms with van der Waals surface area (Å²) in [6.45, 7) is 2.04. The minimum Gasteiger partial charge on any atom is -0.397 e. The van der Waals surface area contributed by atoms with Crippen LogP contribution in [0.1, 0.15) is 18.1 Å². The zero-order valence-corrected chi connectivity index (χ0v) is 8.12. The molecule has 14 heavy (non-hydrogen) atoms. The first kappa shape index (κ1) is 8.83. The van der Waals surface area contributed by atoms with Gasteiger partial charge in [0.05, 0.1) is 17.3 Å². The van der Waals surface area contributed by atoms with E-state index >= 15 is 0 Å². The van der Waals surface area contributed by atoms with E-state index in [4.69, 9.17) is 11.0 Å². The van der Waals surface area contributed by atoms with Gasteiger partial charge in [0.15, 0.2) is 0 Å². The molecule has 0 aliphatic heterocycles. The zero-order valence-electron chi connectivity index (χ0n) is 8.12. The van der Waals surface area contributed by atoms with Crippen molar-refractivity contribution < 1.29 is 0 Å². The van der Waals surface area contributed by atoms with E-state index in [1.165, 1.54) is 5.56 Å². The summed E-state index contributed by atoms with van der Waals surface area (Å²) in [6, 6.07) is 10.2. The molecule has 1 aromatic rings. The van der Waals surface area contributed by atoms with Crippen molar-refractivity contribution in [2.45, 2.75) is 13.3 Å². The highest BCUT2D eigenvalue weighted by Crippen LogP contribution is 2.31. The molecule has 2 N–H and O–H groups in total. The fourth-order valence-corrected chi connectivity index (χ4v) is 1.97. The Kier molecular flexibility index (Phi) is 2.01. The summed E-state index contributed by atoms with van der Waals surface area (Å²) < 4.78 is 0. The molecule has 0 saturated heterocycles. The fourth-order valence-electron chi connectivity index (χ4n) is 1.97. The minimum atomic E-state index is 0.245. The number of rotatable bonds is 0. The van der Waals surface area contributed by atoms with Crippen molar-refractivity contribution in [2.24, 2.45) is 11.7 Å². The molecule has 2 heteroatoms. The normalized spacial score (nSPS) is 20.1. The largest absolute Gasteiger partial charge is 0.397 e. The van der Waals surface area contributed by atoms with E-state index in [1.54, 1.807) is 0 Å². The van der Waals surface area contributed by atoms with Gasteiger partial charge in [0, 0.05) is 5.56 Å². The Bertz CT molecular complexity index is 438. The van der Waals surface area contributed by atoms with Crippen LogP contribution in [0.4, 0.5) is 0 Å². The number of benzene rings is 1. The molecule has 0 bridgehead atoms. The predicted octanol–water partition coefficient (Wildman–Crippen LogP) is 2.07. The van der Waals surface area contributed by atoms with E-state index < -0.39 is 0 Å². The molecule has 1 atom stereocenters. The van der Waals surface area contributed by atoms with Crippen molar-refractivity contribution in [3.63, 3.8) is 0 Å². The van der Waals surface area contributed by atoms with Crippen LogP contribution in [0, 0.1) is 17.2 Å². The average molecular weight is 184 g/mol. The lowest BCUT2D eigenvalue weighted by molar-refractivity contribution is 0.685. The first-order chi connectivity index (χ1) is 6.74. The maximum absolute atomic E-state index is 8.97. The SMILES string of the molecule is CC1Cc2ccccc2C(N)=C1C#N. The third-order valence-corrected chi connectivity index (χ3v) is 2.74. The average Bonchev–Trinajstić information content (AvgIpc) is 2.18. The van der Waals surface area contributed by atoms with Gasteiger partial charge in [-0.1, -0.05) is 31.2 Å². The molecule has 1 aliphatic rings. The van der Waals surface area contributed by atoms with Crippen LogP contribution in [0.3, 0.4) is 0 Å². The second kappa shape index (κ2) is 3.19. The van der Waals surface area contributed by atoms with Crippen LogP contribution >= 0.6 is 0 Å². The summed E-state index contributed by atoms with van der Waals surface area (Å²) in [7, 11) is 0. The Morgan fingerprint density at radius 3 is 2.86 bits per heavy atom. The Labute approximate surface area is 83.7 Å². The summed E-state index contributed by atoms with van der Waals surface area (Å²) in [5, 5.41) is 8.97. The van der Waals surface area contributed by atoms with Crippen molar-refractivity contribution in [1.29, 1.82) is 5.26 Å². The van der Waals surface area contributed by atoms with Crippen LogP contribution in [-0.2, 0) is 6.42 Å². The lowest BCUT2D eigenvalue weighted by Gasteiger charge is -2.22. The van der Waals surface area contributed by atoms with Gasteiger partial charge in [0.1, 0.15) is 0 Å². The van der Waals surface area contributed by atoms with Crippen molar-refractivity contribution in [3.05, 3.63) is 41.0 Å². The molecule has 2 nitrogen and oxygen atoms in total. The van der Waals surface area contributed by atoms with E-state index in [1.807, 2.05) is 25.1 Å². The van der Waals surface area contributed by atoms with E-state index in [0.29, 0.717) is 5.70 Å². The van der Waals surface area contributed by atoms with Crippen molar-refractivity contribution in [1.82, 2.24) is 0 Å². The predicted molar refractivity (Wildman–Crippen MR) is 56.0 cm³/mol. The number of hydrogen-bond acceptors (Lipinski definition) is 2. The first-order valence-electron chi connectivity index (χ1n) is 4.72. The molecule has 70 valence electrons. The summed E-state index contributed by atoms with van der Waals surface area (Å²) >= 11 is 0. The van der Waals surface area contributed by atoms with Crippen molar-refractivity contribution in [2.75, 3.05) is 0 Å². The number of nitriles is 1. The first-order valence-corrected chi connectivity index (χ1v) is 4.72. The highest BCUT2D eigenvalue weighted by Gasteiger charge is 2.21. The van der Waals surface area contributed by atoms with Gasteiger partial charge >= 0.3 is 0 Å². The van der Waals surface area contributed by atoms with Gasteiger partial charge in [-0.3, -0.25) is 0 Å². The highest BCUT2D eigenvalue weighted by atomic mass is 14.6. The number of allylic oxidation sites excluding steroid dienone is 1. The third kappa shape index (κ3) is 1.18. The number of nitrogens with two attached hydrogens (primary N) is 1. The lowest BCUT2D eigenvalue weighted by Crippen LogP contribution is -2.16. The summed E-state index contributed by atoms with van der Waals surface area (Å²) in [6.07, 6.45) is 0.916. The molecule has 0 saturated carbocycles. The van der Waals surface area contributed by atoms with Gasteiger partial charge < -0.3 is 5.73 Å². The van der Waals surface area contributed by atoms with Gasteiger partial charge in [-0.05, 0) is 17.9 Å². The van der Waals surface area contributed by atoms with Gasteiger partial charge in [0.2, 0.25) is 0 Å². The van der Waals surface area contributed by atoms with E-state index in [9.17, 15) is 0 Å². The Morgan fingerprint density at radius 1 is 1.43 bits per heavy atom. The number of fused-ring (bicyclic) bond motifs is 1. The van der Waals surface area contributed by atoms with E-state index in [-0.39, 0.29) is 5.92 Å². The second-order valence-electron chi connectivity index (χ2n) is 3.70. The number of nitrogens with zero attached hydrogens (tertiary/aromatic N) is 1. The maximum atomic E-state index is 8.97. The minimum absolute atomic E-state index is 0.245. The van der Waals surface area contributed by atoms with Crippen molar-refractivity contribution >= 4 is 5.70 Å². The van der Waals surface area contributed by atoms with Gasteiger partial charge in [-0.15, -0.1) is 0 Å². The monoisotopic (exact) mass is 184 g/mol. The Balaban J connectivity index is 2.63. The maximum Gasteiger partial charge on any atom is 0.0971 e. The summed E-state index contributed by atoms with van der Waals surface area (Å²) in [5.74, 6) is 0.245. The van der Waals surface area contributed by atoms with Crippen LogP contribution in [0.5, 0.6) is 0 Å². The van der Waals surface area contributed by atoms with Crippen LogP contribution in [-0.4, -0.2) is 0 Å². The quantitative estimate of drug-likeness (QED) is 0.671. The smallest absolute Gasteiger partial charge is 0.0971 e. The second-order valence-corrected chi connectivity index (χ2v) is 3.70. The molecule has 1 aliphatic carbocycles. The van der Waals surface area contributed by atoms with Crippen LogP contribution in [0.25, 0.3) is 5.70 Å². The van der Waals surface area contributed by atoms with Gasteiger partial charge in [0.25, 0.3) is 0 Å². The molecule has 2 rings (SSSR count). The molecule has 1 aromatic carbocycles. The summed E-state index contributed by atoms with van der Waals surface area (Å²) in [4.78, 5) is 0. The van der Waals surface area contributed by atoms with E-state index in [2.05, 4.69) is 12.1 Å². The van der Waals surface area contributed by atoms with Crippen LogP contribution < -0.4 is 5.73 Å². The molecule has 0 heterocycles. The molecular weight excluding hydrogens is 172 g/mol. The molecule has 0 amide bonds. The van der Waals surface area contributed by atoms with Crippen LogP contribution in [0.2, 0.25) is 0 Å². The Morgan fingerprint density at radius 2 is 2.14 bits per heavy atom. The Hall–Kier alpha value is -1.75. The fraction of sp³-hybridized carbons (Fsp3) is 0.250. The molecular formula is C12H12N2. The van der Waals surface area contributed by atoms with Crippen LogP contribution in [0.15, 0.2) is 29.8 Å². The molecule has 0 aromatic heterocycles. The third-order valence-electron chi connectivity index (χ3n) is 2.74. The van der Waals surface area contributed by atoms with Crippen molar-refractivity contribution in [3.8, 4) is 6.07 Å². The highest BCUT2D eigenvalue weighted by molar-refractivity contribution is 5.73. The molecule has 1 unspecified atom stereocenters. The molecule has 0 fully saturated rings. The lowest BCUT2D eigenvalue weighted by atomic mass is 9.83. The number of hydrogen-bond donors (Lipinski definition) is 1. The molecule has 0 spiro atoms. The molecule has 0 radical (unpaired) electrons. The van der Waals surface area contributed by atoms with E-state index in [0.717, 1.165) is 17.6 Å². The topological polar surface area (TPSA) is 49.8 Å².